The van der Waals surface area contributed by atoms with Crippen LogP contribution in [0.1, 0.15) is 36.3 Å². The molecule has 5 rings (SSSR count). The van der Waals surface area contributed by atoms with Crippen molar-refractivity contribution in [1.29, 1.82) is 0 Å². The second-order valence-electron chi connectivity index (χ2n) is 6.11. The van der Waals surface area contributed by atoms with E-state index >= 15 is 0 Å². The molecule has 1 nitrogen and oxygen atoms in total. The van der Waals surface area contributed by atoms with Crippen molar-refractivity contribution in [3.05, 3.63) is 35.4 Å². The number of rotatable bonds is 0. The molecule has 0 amide bonds. The average Bonchev–Trinajstić information content (AvgIpc) is 2.65. The van der Waals surface area contributed by atoms with Crippen molar-refractivity contribution in [2.75, 3.05) is 20.1 Å². The fraction of sp³-hybridized carbons (Fsp3) is 0.600. The SMILES string of the molecule is CN1CC2C[C@@H]3CC[C@@]2(C1)c1ccccc13. The number of likely N-dealkylation sites (tertiary alicyclic amines) is 1. The van der Waals surface area contributed by atoms with E-state index in [-0.39, 0.29) is 0 Å². The van der Waals surface area contributed by atoms with E-state index in [0.717, 1.165) is 11.8 Å². The van der Waals surface area contributed by atoms with Gasteiger partial charge in [0.25, 0.3) is 0 Å². The zero-order valence-electron chi connectivity index (χ0n) is 9.95. The first-order chi connectivity index (χ1) is 7.79. The maximum atomic E-state index is 2.55. The Morgan fingerprint density at radius 2 is 2.19 bits per heavy atom. The zero-order valence-corrected chi connectivity index (χ0v) is 9.95. The Labute approximate surface area is 97.5 Å². The summed E-state index contributed by atoms with van der Waals surface area (Å²) >= 11 is 0. The Kier molecular flexibility index (Phi) is 1.67. The Bertz CT molecular complexity index is 439. The van der Waals surface area contributed by atoms with Crippen LogP contribution in [0.25, 0.3) is 0 Å². The molecule has 0 N–H and O–H groups in total. The van der Waals surface area contributed by atoms with Crippen LogP contribution in [-0.4, -0.2) is 25.0 Å². The molecule has 1 heteroatoms. The summed E-state index contributed by atoms with van der Waals surface area (Å²) in [6.07, 6.45) is 4.31. The molecule has 1 saturated heterocycles. The standard InChI is InChI=1S/C15H19N/c1-16-9-12-8-11-6-7-15(12,10-16)14-5-3-2-4-13(11)14/h2-5,11-12H,6-10H2,1H3/t11-,12?,15-/m0/s1. The van der Waals surface area contributed by atoms with E-state index in [0.29, 0.717) is 5.41 Å². The third-order valence-corrected chi connectivity index (χ3v) is 5.31. The van der Waals surface area contributed by atoms with Gasteiger partial charge in [0.1, 0.15) is 0 Å². The molecule has 0 radical (unpaired) electrons. The highest BCUT2D eigenvalue weighted by molar-refractivity contribution is 5.44. The molecular formula is C15H19N. The van der Waals surface area contributed by atoms with Crippen molar-refractivity contribution < 1.29 is 0 Å². The normalized spacial score (nSPS) is 40.8. The Morgan fingerprint density at radius 3 is 3.12 bits per heavy atom. The molecule has 2 fully saturated rings. The third kappa shape index (κ3) is 0.958. The lowest BCUT2D eigenvalue weighted by Gasteiger charge is -2.49. The minimum Gasteiger partial charge on any atom is -0.305 e. The van der Waals surface area contributed by atoms with Gasteiger partial charge in [0.05, 0.1) is 0 Å². The summed E-state index contributed by atoms with van der Waals surface area (Å²) < 4.78 is 0. The lowest BCUT2D eigenvalue weighted by Crippen LogP contribution is -2.45. The first kappa shape index (κ1) is 9.23. The maximum absolute atomic E-state index is 2.55. The smallest absolute Gasteiger partial charge is 0.0124 e. The number of likely N-dealkylation sites (N-methyl/N-ethyl adjacent to an activating group) is 1. The van der Waals surface area contributed by atoms with Gasteiger partial charge in [-0.25, -0.2) is 0 Å². The second-order valence-corrected chi connectivity index (χ2v) is 6.11. The average molecular weight is 213 g/mol. The van der Waals surface area contributed by atoms with Crippen LogP contribution in [0.3, 0.4) is 0 Å². The van der Waals surface area contributed by atoms with Crippen LogP contribution in [0.15, 0.2) is 24.3 Å². The van der Waals surface area contributed by atoms with Crippen LogP contribution in [-0.2, 0) is 5.41 Å². The Morgan fingerprint density at radius 1 is 1.31 bits per heavy atom. The van der Waals surface area contributed by atoms with E-state index in [1.165, 1.54) is 32.4 Å². The van der Waals surface area contributed by atoms with Crippen molar-refractivity contribution in [2.45, 2.75) is 30.6 Å². The fourth-order valence-electron chi connectivity index (χ4n) is 4.73. The number of nitrogens with zero attached hydrogens (tertiary/aromatic N) is 1. The molecule has 1 aliphatic heterocycles. The highest BCUT2D eigenvalue weighted by atomic mass is 15.1. The predicted molar refractivity (Wildman–Crippen MR) is 65.7 cm³/mol. The van der Waals surface area contributed by atoms with E-state index in [2.05, 4.69) is 36.2 Å². The summed E-state index contributed by atoms with van der Waals surface area (Å²) in [6.45, 7) is 2.62. The van der Waals surface area contributed by atoms with Crippen molar-refractivity contribution in [1.82, 2.24) is 4.90 Å². The summed E-state index contributed by atoms with van der Waals surface area (Å²) in [7, 11) is 2.29. The van der Waals surface area contributed by atoms with Gasteiger partial charge in [-0.05, 0) is 49.3 Å². The van der Waals surface area contributed by atoms with E-state index in [9.17, 15) is 0 Å². The molecule has 1 saturated carbocycles. The molecule has 3 aliphatic carbocycles. The first-order valence-electron chi connectivity index (χ1n) is 6.57. The van der Waals surface area contributed by atoms with Crippen molar-refractivity contribution in [3.63, 3.8) is 0 Å². The van der Waals surface area contributed by atoms with Gasteiger partial charge in [0.2, 0.25) is 0 Å². The minimum absolute atomic E-state index is 0.528. The van der Waals surface area contributed by atoms with Gasteiger partial charge in [-0.15, -0.1) is 0 Å². The quantitative estimate of drug-likeness (QED) is 0.640. The number of fused-ring (bicyclic) bond motifs is 1. The Hall–Kier alpha value is -0.820. The minimum atomic E-state index is 0.528. The molecule has 1 aromatic carbocycles. The summed E-state index contributed by atoms with van der Waals surface area (Å²) in [5, 5.41) is 0. The van der Waals surface area contributed by atoms with Gasteiger partial charge in [-0.2, -0.15) is 0 Å². The lowest BCUT2D eigenvalue weighted by atomic mass is 9.54. The van der Waals surface area contributed by atoms with Crippen LogP contribution in [0.4, 0.5) is 0 Å². The van der Waals surface area contributed by atoms with Gasteiger partial charge in [0, 0.05) is 18.5 Å². The Balaban J connectivity index is 1.94. The molecule has 16 heavy (non-hydrogen) atoms. The predicted octanol–water partition coefficient (Wildman–Crippen LogP) is 2.77. The zero-order chi connectivity index (χ0) is 10.8. The van der Waals surface area contributed by atoms with E-state index in [1.54, 1.807) is 11.1 Å². The molecule has 2 bridgehead atoms. The van der Waals surface area contributed by atoms with Crippen LogP contribution >= 0.6 is 0 Å². The first-order valence-corrected chi connectivity index (χ1v) is 6.57. The highest BCUT2D eigenvalue weighted by Crippen LogP contribution is 2.58. The molecule has 1 heterocycles. The molecule has 1 spiro atoms. The largest absolute Gasteiger partial charge is 0.305 e. The molecule has 84 valence electrons. The lowest BCUT2D eigenvalue weighted by molar-refractivity contribution is 0.190. The molecule has 1 unspecified atom stereocenters. The van der Waals surface area contributed by atoms with Crippen LogP contribution in [0.5, 0.6) is 0 Å². The van der Waals surface area contributed by atoms with Crippen LogP contribution in [0, 0.1) is 5.92 Å². The summed E-state index contributed by atoms with van der Waals surface area (Å²) in [5.74, 6) is 1.81. The topological polar surface area (TPSA) is 3.24 Å². The van der Waals surface area contributed by atoms with Gasteiger partial charge in [0.15, 0.2) is 0 Å². The van der Waals surface area contributed by atoms with E-state index < -0.39 is 0 Å². The van der Waals surface area contributed by atoms with Crippen molar-refractivity contribution in [2.24, 2.45) is 5.92 Å². The summed E-state index contributed by atoms with van der Waals surface area (Å²) in [5.41, 5.74) is 3.91. The van der Waals surface area contributed by atoms with Crippen molar-refractivity contribution >= 4 is 0 Å². The number of hydrogen-bond donors (Lipinski definition) is 0. The molecule has 3 atom stereocenters. The van der Waals surface area contributed by atoms with E-state index in [4.69, 9.17) is 0 Å². The monoisotopic (exact) mass is 213 g/mol. The highest BCUT2D eigenvalue weighted by Gasteiger charge is 2.54. The molecule has 4 aliphatic rings. The third-order valence-electron chi connectivity index (χ3n) is 5.31. The second kappa shape index (κ2) is 2.89. The van der Waals surface area contributed by atoms with Gasteiger partial charge in [-0.1, -0.05) is 24.3 Å². The molecular weight excluding hydrogens is 194 g/mol. The van der Waals surface area contributed by atoms with Gasteiger partial charge < -0.3 is 4.90 Å². The molecule has 1 aromatic rings. The van der Waals surface area contributed by atoms with Crippen LogP contribution < -0.4 is 0 Å². The van der Waals surface area contributed by atoms with Gasteiger partial charge >= 0.3 is 0 Å². The van der Waals surface area contributed by atoms with Crippen molar-refractivity contribution in [3.8, 4) is 0 Å². The fourth-order valence-corrected chi connectivity index (χ4v) is 4.73. The van der Waals surface area contributed by atoms with E-state index in [1.807, 2.05) is 0 Å². The van der Waals surface area contributed by atoms with Gasteiger partial charge in [-0.3, -0.25) is 0 Å². The number of benzene rings is 1. The van der Waals surface area contributed by atoms with Crippen LogP contribution in [0.2, 0.25) is 0 Å². The molecule has 0 aromatic heterocycles. The summed E-state index contributed by atoms with van der Waals surface area (Å²) in [6, 6.07) is 9.26. The summed E-state index contributed by atoms with van der Waals surface area (Å²) in [4.78, 5) is 2.55. The maximum Gasteiger partial charge on any atom is 0.0124 e. The number of hydrogen-bond acceptors (Lipinski definition) is 1.